The van der Waals surface area contributed by atoms with Gasteiger partial charge in [-0.15, -0.1) is 0 Å². The van der Waals surface area contributed by atoms with E-state index in [9.17, 15) is 9.59 Å². The minimum atomic E-state index is -1.15. The molecule has 0 N–H and O–H groups in total. The van der Waals surface area contributed by atoms with Gasteiger partial charge in [0, 0.05) is 37.6 Å². The van der Waals surface area contributed by atoms with Crippen molar-refractivity contribution >= 4 is 11.9 Å². The first kappa shape index (κ1) is 27.5. The van der Waals surface area contributed by atoms with Gasteiger partial charge in [0.05, 0.1) is 14.2 Å². The third-order valence-corrected chi connectivity index (χ3v) is 7.84. The van der Waals surface area contributed by atoms with Crippen molar-refractivity contribution in [1.82, 2.24) is 4.90 Å². The van der Waals surface area contributed by atoms with E-state index in [0.717, 1.165) is 29.2 Å². The average Bonchev–Trinajstić information content (AvgIpc) is 2.99. The maximum absolute atomic E-state index is 13.1. The van der Waals surface area contributed by atoms with Crippen LogP contribution in [0, 0.1) is 0 Å². The Kier molecular flexibility index (Phi) is 8.51. The zero-order chi connectivity index (χ0) is 28.0. The van der Waals surface area contributed by atoms with Crippen molar-refractivity contribution in [3.05, 3.63) is 108 Å². The van der Waals surface area contributed by atoms with Gasteiger partial charge in [0.2, 0.25) is 5.72 Å². The molecule has 0 amide bonds. The van der Waals surface area contributed by atoms with Crippen molar-refractivity contribution < 1.29 is 28.5 Å². The smallest absolute Gasteiger partial charge is 0.332 e. The molecule has 7 heteroatoms. The van der Waals surface area contributed by atoms with Crippen molar-refractivity contribution in [1.29, 1.82) is 0 Å². The zero-order valence-electron chi connectivity index (χ0n) is 23.0. The Morgan fingerprint density at radius 2 is 1.52 bits per heavy atom. The number of rotatable bonds is 9. The number of esters is 2. The van der Waals surface area contributed by atoms with Crippen LogP contribution in [-0.2, 0) is 25.5 Å². The van der Waals surface area contributed by atoms with E-state index < -0.39 is 23.8 Å². The molecule has 0 radical (unpaired) electrons. The highest BCUT2D eigenvalue weighted by molar-refractivity contribution is 5.92. The second kappa shape index (κ2) is 12.4. The molecule has 7 nitrogen and oxygen atoms in total. The zero-order valence-corrected chi connectivity index (χ0v) is 23.0. The van der Waals surface area contributed by atoms with Crippen LogP contribution < -0.4 is 9.47 Å². The van der Waals surface area contributed by atoms with Crippen LogP contribution >= 0.6 is 0 Å². The summed E-state index contributed by atoms with van der Waals surface area (Å²) >= 11 is 0. The molecule has 5 rings (SSSR count). The average molecular weight is 542 g/mol. The van der Waals surface area contributed by atoms with Gasteiger partial charge in [-0.2, -0.15) is 0 Å². The maximum Gasteiger partial charge on any atom is 0.332 e. The first-order chi connectivity index (χ1) is 19.5. The lowest BCUT2D eigenvalue weighted by molar-refractivity contribution is -0.237. The fourth-order valence-electron chi connectivity index (χ4n) is 5.89. The molecule has 208 valence electrons. The number of methoxy groups -OCH3 is 2. The highest BCUT2D eigenvalue weighted by atomic mass is 16.6. The summed E-state index contributed by atoms with van der Waals surface area (Å²) in [4.78, 5) is 28.0. The van der Waals surface area contributed by atoms with E-state index in [2.05, 4.69) is 29.2 Å². The van der Waals surface area contributed by atoms with Crippen LogP contribution in [0.5, 0.6) is 11.5 Å². The van der Waals surface area contributed by atoms with Gasteiger partial charge in [0.1, 0.15) is 0 Å². The minimum Gasteiger partial charge on any atom is -0.493 e. The van der Waals surface area contributed by atoms with Crippen molar-refractivity contribution in [3.8, 4) is 11.5 Å². The van der Waals surface area contributed by atoms with E-state index in [-0.39, 0.29) is 5.92 Å². The number of likely N-dealkylation sites (tertiary alicyclic amines) is 1. The summed E-state index contributed by atoms with van der Waals surface area (Å²) in [6.45, 7) is 1.30. The molecule has 2 heterocycles. The van der Waals surface area contributed by atoms with Crippen LogP contribution in [-0.4, -0.2) is 56.0 Å². The number of benzene rings is 3. The van der Waals surface area contributed by atoms with E-state index in [1.54, 1.807) is 14.2 Å². The third kappa shape index (κ3) is 5.89. The third-order valence-electron chi connectivity index (χ3n) is 7.84. The molecular formula is C33H35NO6. The molecule has 0 saturated carbocycles. The second-order valence-electron chi connectivity index (χ2n) is 10.2. The Hall–Kier alpha value is -4.10. The summed E-state index contributed by atoms with van der Waals surface area (Å²) in [6.07, 6.45) is 4.25. The summed E-state index contributed by atoms with van der Waals surface area (Å²) in [5.74, 6) is 0.169. The van der Waals surface area contributed by atoms with Gasteiger partial charge < -0.3 is 18.9 Å². The molecule has 0 aromatic heterocycles. The molecule has 1 fully saturated rings. The molecule has 0 bridgehead atoms. The molecule has 2 unspecified atom stereocenters. The van der Waals surface area contributed by atoms with Gasteiger partial charge in [-0.25, -0.2) is 9.59 Å². The Morgan fingerprint density at radius 1 is 0.875 bits per heavy atom. The molecule has 0 spiro atoms. The van der Waals surface area contributed by atoms with Crippen LogP contribution in [0.15, 0.2) is 91.0 Å². The van der Waals surface area contributed by atoms with E-state index >= 15 is 0 Å². The largest absolute Gasteiger partial charge is 0.493 e. The van der Waals surface area contributed by atoms with Gasteiger partial charge in [0.15, 0.2) is 17.6 Å². The van der Waals surface area contributed by atoms with E-state index in [1.165, 1.54) is 6.08 Å². The van der Waals surface area contributed by atoms with Gasteiger partial charge in [0.25, 0.3) is 0 Å². The minimum absolute atomic E-state index is 0.0958. The summed E-state index contributed by atoms with van der Waals surface area (Å²) in [7, 11) is 3.23. The van der Waals surface area contributed by atoms with Crippen molar-refractivity contribution in [2.75, 3.05) is 27.3 Å². The Morgan fingerprint density at radius 3 is 2.17 bits per heavy atom. The predicted octanol–water partition coefficient (Wildman–Crippen LogP) is 5.29. The van der Waals surface area contributed by atoms with Crippen LogP contribution in [0.1, 0.15) is 41.9 Å². The maximum atomic E-state index is 13.1. The molecule has 40 heavy (non-hydrogen) atoms. The normalized spacial score (nSPS) is 21.9. The highest BCUT2D eigenvalue weighted by Crippen LogP contribution is 2.43. The van der Waals surface area contributed by atoms with Crippen molar-refractivity contribution in [2.45, 2.75) is 43.4 Å². The topological polar surface area (TPSA) is 74.3 Å². The van der Waals surface area contributed by atoms with E-state index in [0.29, 0.717) is 43.9 Å². The predicted molar refractivity (Wildman–Crippen MR) is 151 cm³/mol. The summed E-state index contributed by atoms with van der Waals surface area (Å²) in [5.41, 5.74) is 2.12. The summed E-state index contributed by atoms with van der Waals surface area (Å²) in [6, 6.07) is 26.3. The van der Waals surface area contributed by atoms with Gasteiger partial charge in [-0.1, -0.05) is 66.7 Å². The first-order valence-corrected chi connectivity index (χ1v) is 13.7. The Labute approximate surface area is 235 Å². The Bertz CT molecular complexity index is 1300. The fourth-order valence-corrected chi connectivity index (χ4v) is 5.89. The van der Waals surface area contributed by atoms with Crippen LogP contribution in [0.2, 0.25) is 0 Å². The number of piperidine rings is 1. The van der Waals surface area contributed by atoms with Crippen molar-refractivity contribution in [2.24, 2.45) is 0 Å². The number of ether oxygens (including phenoxy) is 4. The molecular weight excluding hydrogens is 506 g/mol. The van der Waals surface area contributed by atoms with Gasteiger partial charge in [-0.05, 0) is 48.1 Å². The van der Waals surface area contributed by atoms with Crippen LogP contribution in [0.25, 0.3) is 0 Å². The molecule has 0 aliphatic carbocycles. The Balaban J connectivity index is 1.54. The highest BCUT2D eigenvalue weighted by Gasteiger charge is 2.53. The lowest BCUT2D eigenvalue weighted by Crippen LogP contribution is -2.64. The second-order valence-corrected chi connectivity index (χ2v) is 10.2. The number of fused-ring (bicyclic) bond motifs is 1. The van der Waals surface area contributed by atoms with Crippen LogP contribution in [0.3, 0.4) is 0 Å². The van der Waals surface area contributed by atoms with Crippen LogP contribution in [0.4, 0.5) is 0 Å². The molecule has 2 aliphatic heterocycles. The molecule has 1 saturated heterocycles. The molecule has 3 aromatic rings. The molecule has 3 aromatic carbocycles. The fraction of sp³-hybridized carbons (Fsp3) is 0.333. The lowest BCUT2D eigenvalue weighted by atomic mass is 9.79. The van der Waals surface area contributed by atoms with Crippen molar-refractivity contribution in [3.63, 3.8) is 0 Å². The first-order valence-electron chi connectivity index (χ1n) is 13.7. The van der Waals surface area contributed by atoms with Gasteiger partial charge >= 0.3 is 11.9 Å². The number of hydrogen-bond acceptors (Lipinski definition) is 7. The van der Waals surface area contributed by atoms with E-state index in [4.69, 9.17) is 18.9 Å². The van der Waals surface area contributed by atoms with E-state index in [1.807, 2.05) is 54.6 Å². The summed E-state index contributed by atoms with van der Waals surface area (Å²) < 4.78 is 23.3. The quantitative estimate of drug-likeness (QED) is 0.341. The standard InChI is InChI=1S/C33H35NO6/c1-37-28-16-15-24(22-29(28)38-2)19-21-34-20-9-14-30-33(34,40-32(36)18-17-31(35)39-30)23-27(25-10-5-3-6-11-25)26-12-7-4-8-13-26/h3-8,10-13,15-18,22,27,30H,9,14,19-21,23H2,1-2H3/b18-17-. The number of carbonyl (C=O) groups is 2. The molecule has 2 atom stereocenters. The SMILES string of the molecule is COc1ccc(CCN2CCCC3OC(=O)/C=C\C(=O)OC32CC(c2ccccc2)c2ccccc2)cc1OC. The van der Waals surface area contributed by atoms with Gasteiger partial charge in [-0.3, -0.25) is 4.90 Å². The number of hydrogen-bond donors (Lipinski definition) is 0. The monoisotopic (exact) mass is 541 g/mol. The molecule has 2 aliphatic rings. The number of carbonyl (C=O) groups excluding carboxylic acids is 2. The lowest BCUT2D eigenvalue weighted by Gasteiger charge is -2.51. The summed E-state index contributed by atoms with van der Waals surface area (Å²) in [5, 5.41) is 0. The number of nitrogens with zero attached hydrogens (tertiary/aromatic N) is 1.